The molecule has 1 fully saturated rings. The van der Waals surface area contributed by atoms with Crippen molar-refractivity contribution in [1.29, 1.82) is 0 Å². The molecular formula is C23H23Cl2N5O4. The highest BCUT2D eigenvalue weighted by atomic mass is 35.5. The van der Waals surface area contributed by atoms with Crippen LogP contribution in [0.1, 0.15) is 16.8 Å². The summed E-state index contributed by atoms with van der Waals surface area (Å²) in [6.07, 6.45) is 1.13. The number of pyridine rings is 1. The van der Waals surface area contributed by atoms with Crippen LogP contribution >= 0.6 is 23.2 Å². The second-order valence-electron chi connectivity index (χ2n) is 7.79. The van der Waals surface area contributed by atoms with Gasteiger partial charge in [-0.1, -0.05) is 29.3 Å². The van der Waals surface area contributed by atoms with Crippen molar-refractivity contribution in [1.82, 2.24) is 9.88 Å². The van der Waals surface area contributed by atoms with Gasteiger partial charge in [-0.05, 0) is 24.6 Å². The van der Waals surface area contributed by atoms with E-state index in [1.165, 1.54) is 11.1 Å². The largest absolute Gasteiger partial charge is 0.495 e. The molecular weight excluding hydrogens is 481 g/mol. The van der Waals surface area contributed by atoms with Crippen LogP contribution in [0.3, 0.4) is 0 Å². The molecule has 178 valence electrons. The number of amides is 2. The Labute approximate surface area is 206 Å². The van der Waals surface area contributed by atoms with Gasteiger partial charge in [0, 0.05) is 43.8 Å². The molecule has 9 nitrogen and oxygen atoms in total. The number of carboxylic acid groups (broad SMARTS) is 1. The van der Waals surface area contributed by atoms with Crippen LogP contribution in [0.15, 0.2) is 36.5 Å². The van der Waals surface area contributed by atoms with Gasteiger partial charge in [-0.2, -0.15) is 0 Å². The van der Waals surface area contributed by atoms with Crippen molar-refractivity contribution < 1.29 is 19.4 Å². The molecule has 0 bridgehead atoms. The first-order valence-electron chi connectivity index (χ1n) is 10.5. The minimum Gasteiger partial charge on any atom is -0.495 e. The highest BCUT2D eigenvalue weighted by Crippen LogP contribution is 2.39. The second kappa shape index (κ2) is 9.82. The molecule has 1 saturated heterocycles. The summed E-state index contributed by atoms with van der Waals surface area (Å²) in [7, 11) is 1.56. The van der Waals surface area contributed by atoms with Crippen molar-refractivity contribution in [2.24, 2.45) is 5.73 Å². The second-order valence-corrected chi connectivity index (χ2v) is 8.57. The number of ether oxygens (including phenoxy) is 1. The smallest absolute Gasteiger partial charge is 0.407 e. The third-order valence-electron chi connectivity index (χ3n) is 5.75. The molecule has 2 aromatic carbocycles. The number of carbonyl (C=O) groups is 2. The predicted molar refractivity (Wildman–Crippen MR) is 133 cm³/mol. The maximum absolute atomic E-state index is 12.2. The Balaban J connectivity index is 1.85. The zero-order chi connectivity index (χ0) is 24.4. The van der Waals surface area contributed by atoms with E-state index in [0.29, 0.717) is 70.7 Å². The van der Waals surface area contributed by atoms with E-state index in [1.807, 2.05) is 6.07 Å². The molecule has 0 atom stereocenters. The highest BCUT2D eigenvalue weighted by Gasteiger charge is 2.23. The van der Waals surface area contributed by atoms with Crippen LogP contribution in [-0.4, -0.2) is 60.3 Å². The first-order valence-corrected chi connectivity index (χ1v) is 11.3. The number of hydrogen-bond acceptors (Lipinski definition) is 6. The molecule has 2 heterocycles. The number of nitrogens with one attached hydrogen (secondary N) is 1. The average molecular weight is 504 g/mol. The summed E-state index contributed by atoms with van der Waals surface area (Å²) >= 11 is 12.5. The first kappa shape index (κ1) is 23.7. The number of aromatic nitrogens is 1. The van der Waals surface area contributed by atoms with Gasteiger partial charge >= 0.3 is 6.09 Å². The minimum absolute atomic E-state index is 0.188. The van der Waals surface area contributed by atoms with E-state index in [4.69, 9.17) is 33.7 Å². The van der Waals surface area contributed by atoms with Gasteiger partial charge in [0.05, 0.1) is 45.3 Å². The fourth-order valence-electron chi connectivity index (χ4n) is 4.03. The number of methoxy groups -OCH3 is 1. The van der Waals surface area contributed by atoms with E-state index in [2.05, 4.69) is 15.2 Å². The van der Waals surface area contributed by atoms with Crippen LogP contribution < -0.4 is 20.7 Å². The SMILES string of the molecule is COc1cc2ncc(C(N)=O)c(Nc3cccc(Cl)c3Cl)c2cc1N1CCCN(C(=O)O)CC1. The summed E-state index contributed by atoms with van der Waals surface area (Å²) in [5.74, 6) is -0.0679. The number of nitrogens with two attached hydrogens (primary N) is 1. The molecule has 4 N–H and O–H groups in total. The van der Waals surface area contributed by atoms with Gasteiger partial charge in [0.2, 0.25) is 0 Å². The summed E-state index contributed by atoms with van der Waals surface area (Å²) in [6, 6.07) is 8.79. The van der Waals surface area contributed by atoms with Crippen molar-refractivity contribution >= 4 is 63.2 Å². The number of halogens is 2. The zero-order valence-corrected chi connectivity index (χ0v) is 19.9. The molecule has 1 aliphatic heterocycles. The maximum Gasteiger partial charge on any atom is 0.407 e. The fraction of sp³-hybridized carbons (Fsp3) is 0.261. The molecule has 0 saturated carbocycles. The van der Waals surface area contributed by atoms with E-state index < -0.39 is 12.0 Å². The zero-order valence-electron chi connectivity index (χ0n) is 18.3. The fourth-order valence-corrected chi connectivity index (χ4v) is 4.37. The van der Waals surface area contributed by atoms with E-state index in [1.54, 1.807) is 31.4 Å². The number of fused-ring (bicyclic) bond motifs is 1. The molecule has 0 spiro atoms. The Hall–Kier alpha value is -3.43. The molecule has 4 rings (SSSR count). The van der Waals surface area contributed by atoms with Gasteiger partial charge in [0.1, 0.15) is 5.75 Å². The van der Waals surface area contributed by atoms with Crippen LogP contribution in [0.4, 0.5) is 21.9 Å². The quantitative estimate of drug-likeness (QED) is 0.465. The lowest BCUT2D eigenvalue weighted by atomic mass is 10.1. The van der Waals surface area contributed by atoms with Crippen LogP contribution in [0.2, 0.25) is 10.0 Å². The van der Waals surface area contributed by atoms with Crippen LogP contribution in [0, 0.1) is 0 Å². The van der Waals surface area contributed by atoms with Crippen molar-refractivity contribution in [2.75, 3.05) is 43.5 Å². The molecule has 2 amide bonds. The maximum atomic E-state index is 12.2. The van der Waals surface area contributed by atoms with Crippen molar-refractivity contribution in [3.05, 3.63) is 52.1 Å². The van der Waals surface area contributed by atoms with Crippen LogP contribution in [0.5, 0.6) is 5.75 Å². The molecule has 34 heavy (non-hydrogen) atoms. The molecule has 11 heteroatoms. The number of anilines is 3. The Morgan fingerprint density at radius 2 is 1.97 bits per heavy atom. The first-order chi connectivity index (χ1) is 16.3. The molecule has 0 radical (unpaired) electrons. The number of benzene rings is 2. The molecule has 0 unspecified atom stereocenters. The van der Waals surface area contributed by atoms with Gasteiger partial charge in [0.15, 0.2) is 0 Å². The Bertz CT molecular complexity index is 1270. The van der Waals surface area contributed by atoms with E-state index in [9.17, 15) is 14.7 Å². The summed E-state index contributed by atoms with van der Waals surface area (Å²) in [4.78, 5) is 31.5. The van der Waals surface area contributed by atoms with E-state index in [0.717, 1.165) is 5.69 Å². The number of hydrogen-bond donors (Lipinski definition) is 3. The summed E-state index contributed by atoms with van der Waals surface area (Å²) in [5.41, 5.74) is 8.12. The molecule has 0 aliphatic carbocycles. The number of nitrogens with zero attached hydrogens (tertiary/aromatic N) is 3. The number of primary amides is 1. The van der Waals surface area contributed by atoms with Crippen LogP contribution in [-0.2, 0) is 0 Å². The van der Waals surface area contributed by atoms with Gasteiger partial charge < -0.3 is 30.7 Å². The van der Waals surface area contributed by atoms with Crippen molar-refractivity contribution in [3.63, 3.8) is 0 Å². The van der Waals surface area contributed by atoms with E-state index in [-0.39, 0.29) is 5.56 Å². The summed E-state index contributed by atoms with van der Waals surface area (Å²) < 4.78 is 5.63. The van der Waals surface area contributed by atoms with Crippen molar-refractivity contribution in [3.8, 4) is 5.75 Å². The van der Waals surface area contributed by atoms with Gasteiger partial charge in [-0.15, -0.1) is 0 Å². The van der Waals surface area contributed by atoms with E-state index >= 15 is 0 Å². The lowest BCUT2D eigenvalue weighted by Gasteiger charge is -2.26. The predicted octanol–water partition coefficient (Wildman–Crippen LogP) is 4.58. The number of carbonyl (C=O) groups excluding carboxylic acids is 1. The monoisotopic (exact) mass is 503 g/mol. The minimum atomic E-state index is -0.937. The van der Waals surface area contributed by atoms with Crippen molar-refractivity contribution in [2.45, 2.75) is 6.42 Å². The standard InChI is InChI=1S/C23H23Cl2N5O4/c1-34-19-11-17-13(10-18(19)29-6-3-7-30(9-8-29)23(32)33)21(14(12-27-17)22(26)31)28-16-5-2-4-15(24)20(16)25/h2,4-5,10-12H,3,6-9H2,1H3,(H2,26,31)(H,27,28)(H,32,33). The molecule has 3 aromatic rings. The molecule has 1 aliphatic rings. The topological polar surface area (TPSA) is 121 Å². The van der Waals surface area contributed by atoms with Gasteiger partial charge in [-0.3, -0.25) is 9.78 Å². The lowest BCUT2D eigenvalue weighted by Crippen LogP contribution is -2.34. The lowest BCUT2D eigenvalue weighted by molar-refractivity contribution is 0.100. The van der Waals surface area contributed by atoms with Crippen LogP contribution in [0.25, 0.3) is 10.9 Å². The third kappa shape index (κ3) is 4.62. The average Bonchev–Trinajstić information content (AvgIpc) is 3.07. The molecule has 1 aromatic heterocycles. The Kier molecular flexibility index (Phi) is 6.85. The summed E-state index contributed by atoms with van der Waals surface area (Å²) in [6.45, 7) is 1.94. The summed E-state index contributed by atoms with van der Waals surface area (Å²) in [5, 5.41) is 13.9. The Morgan fingerprint density at radius 1 is 1.18 bits per heavy atom. The normalized spacial score (nSPS) is 14.1. The highest BCUT2D eigenvalue weighted by molar-refractivity contribution is 6.43. The number of rotatable bonds is 5. The Morgan fingerprint density at radius 3 is 2.68 bits per heavy atom. The third-order valence-corrected chi connectivity index (χ3v) is 6.57. The van der Waals surface area contributed by atoms with Gasteiger partial charge in [-0.25, -0.2) is 4.79 Å². The van der Waals surface area contributed by atoms with Gasteiger partial charge in [0.25, 0.3) is 5.91 Å².